The molecule has 0 aliphatic heterocycles. The van der Waals surface area contributed by atoms with Crippen LogP contribution < -0.4 is 10.0 Å². The second kappa shape index (κ2) is 6.37. The molecular formula is C14H22N2O3S. The molecule has 1 aromatic carbocycles. The van der Waals surface area contributed by atoms with Gasteiger partial charge in [0.2, 0.25) is 15.9 Å². The molecule has 20 heavy (non-hydrogen) atoms. The number of carbonyl (C=O) groups is 1. The van der Waals surface area contributed by atoms with Gasteiger partial charge >= 0.3 is 0 Å². The van der Waals surface area contributed by atoms with Crippen LogP contribution in [0.15, 0.2) is 29.2 Å². The summed E-state index contributed by atoms with van der Waals surface area (Å²) in [5.41, 5.74) is 0.681. The van der Waals surface area contributed by atoms with Crippen molar-refractivity contribution in [3.8, 4) is 0 Å². The van der Waals surface area contributed by atoms with Crippen LogP contribution in [-0.4, -0.2) is 26.4 Å². The van der Waals surface area contributed by atoms with E-state index in [0.717, 1.165) is 12.0 Å². The Morgan fingerprint density at radius 1 is 1.15 bits per heavy atom. The van der Waals surface area contributed by atoms with Gasteiger partial charge in [0.15, 0.2) is 0 Å². The van der Waals surface area contributed by atoms with E-state index in [-0.39, 0.29) is 22.9 Å². The molecular weight excluding hydrogens is 276 g/mol. The molecule has 0 unspecified atom stereocenters. The van der Waals surface area contributed by atoms with Crippen LogP contribution in [0.5, 0.6) is 0 Å². The van der Waals surface area contributed by atoms with Crippen LogP contribution in [0, 0.1) is 0 Å². The third-order valence-electron chi connectivity index (χ3n) is 2.58. The molecule has 112 valence electrons. The third-order valence-corrected chi connectivity index (χ3v) is 4.00. The number of amides is 1. The molecule has 1 amide bonds. The van der Waals surface area contributed by atoms with Gasteiger partial charge in [-0.2, -0.15) is 0 Å². The smallest absolute Gasteiger partial charge is 0.241 e. The average Bonchev–Trinajstić information content (AvgIpc) is 2.35. The Balaban J connectivity index is 2.68. The highest BCUT2D eigenvalue weighted by Crippen LogP contribution is 2.10. The summed E-state index contributed by atoms with van der Waals surface area (Å²) in [4.78, 5) is 11.8. The van der Waals surface area contributed by atoms with Crippen molar-refractivity contribution in [3.05, 3.63) is 29.8 Å². The van der Waals surface area contributed by atoms with Crippen molar-refractivity contribution < 1.29 is 13.2 Å². The number of nitrogens with one attached hydrogen (secondary N) is 2. The lowest BCUT2D eigenvalue weighted by molar-refractivity contribution is -0.121. The maximum absolute atomic E-state index is 12.0. The summed E-state index contributed by atoms with van der Waals surface area (Å²) in [6, 6.07) is 6.62. The minimum Gasteiger partial charge on any atom is -0.350 e. The van der Waals surface area contributed by atoms with Crippen LogP contribution in [0.25, 0.3) is 0 Å². The van der Waals surface area contributed by atoms with Crippen LogP contribution in [-0.2, 0) is 21.2 Å². The van der Waals surface area contributed by atoms with Gasteiger partial charge in [-0.15, -0.1) is 0 Å². The van der Waals surface area contributed by atoms with E-state index < -0.39 is 10.0 Å². The lowest BCUT2D eigenvalue weighted by Gasteiger charge is -2.20. The number of aryl methyl sites for hydroxylation is 1. The van der Waals surface area contributed by atoms with Crippen molar-refractivity contribution in [2.75, 3.05) is 6.54 Å². The van der Waals surface area contributed by atoms with E-state index in [1.807, 2.05) is 27.7 Å². The molecule has 5 nitrogen and oxygen atoms in total. The third kappa shape index (κ3) is 5.30. The number of hydrogen-bond acceptors (Lipinski definition) is 3. The summed E-state index contributed by atoms with van der Waals surface area (Å²) < 4.78 is 26.3. The average molecular weight is 298 g/mol. The molecule has 0 fully saturated rings. The lowest BCUT2D eigenvalue weighted by Crippen LogP contribution is -2.45. The normalized spacial score (nSPS) is 12.2. The number of sulfonamides is 1. The summed E-state index contributed by atoms with van der Waals surface area (Å²) in [5, 5.41) is 2.70. The van der Waals surface area contributed by atoms with Crippen LogP contribution in [0.3, 0.4) is 0 Å². The quantitative estimate of drug-likeness (QED) is 0.864. The Kier molecular flexibility index (Phi) is 5.30. The van der Waals surface area contributed by atoms with E-state index in [9.17, 15) is 13.2 Å². The summed E-state index contributed by atoms with van der Waals surface area (Å²) in [6.45, 7) is 7.24. The first-order valence-electron chi connectivity index (χ1n) is 6.53. The Morgan fingerprint density at radius 3 is 2.15 bits per heavy atom. The SMILES string of the molecule is CCc1ccc(S(=O)(=O)NCC(=O)NC(C)(C)C)cc1. The van der Waals surface area contributed by atoms with Gasteiger partial charge in [0.25, 0.3) is 0 Å². The molecule has 0 heterocycles. The summed E-state index contributed by atoms with van der Waals surface area (Å²) in [6.07, 6.45) is 0.849. The highest BCUT2D eigenvalue weighted by Gasteiger charge is 2.18. The minimum atomic E-state index is -3.65. The molecule has 0 aliphatic carbocycles. The van der Waals surface area contributed by atoms with Crippen molar-refractivity contribution in [3.63, 3.8) is 0 Å². The summed E-state index contributed by atoms with van der Waals surface area (Å²) >= 11 is 0. The minimum absolute atomic E-state index is 0.165. The van der Waals surface area contributed by atoms with Crippen molar-refractivity contribution in [1.82, 2.24) is 10.0 Å². The van der Waals surface area contributed by atoms with E-state index in [1.54, 1.807) is 24.3 Å². The van der Waals surface area contributed by atoms with Crippen LogP contribution in [0.2, 0.25) is 0 Å². The molecule has 2 N–H and O–H groups in total. The molecule has 1 rings (SSSR count). The van der Waals surface area contributed by atoms with Gasteiger partial charge in [-0.3, -0.25) is 4.79 Å². The summed E-state index contributed by atoms with van der Waals surface area (Å²) in [7, 11) is -3.65. The van der Waals surface area contributed by atoms with Crippen LogP contribution in [0.4, 0.5) is 0 Å². The van der Waals surface area contributed by atoms with Gasteiger partial charge < -0.3 is 5.32 Å². The van der Waals surface area contributed by atoms with Crippen molar-refractivity contribution in [2.24, 2.45) is 0 Å². The zero-order valence-corrected chi connectivity index (χ0v) is 13.2. The van der Waals surface area contributed by atoms with Crippen molar-refractivity contribution >= 4 is 15.9 Å². The highest BCUT2D eigenvalue weighted by molar-refractivity contribution is 7.89. The van der Waals surface area contributed by atoms with Gasteiger partial charge in [0, 0.05) is 5.54 Å². The monoisotopic (exact) mass is 298 g/mol. The maximum atomic E-state index is 12.0. The zero-order chi connectivity index (χ0) is 15.4. The maximum Gasteiger partial charge on any atom is 0.241 e. The first kappa shape index (κ1) is 16.7. The standard InChI is InChI=1S/C14H22N2O3S/c1-5-11-6-8-12(9-7-11)20(18,19)15-10-13(17)16-14(2,3)4/h6-9,15H,5,10H2,1-4H3,(H,16,17). The van der Waals surface area contributed by atoms with E-state index in [0.29, 0.717) is 0 Å². The van der Waals surface area contributed by atoms with Gasteiger partial charge in [-0.1, -0.05) is 19.1 Å². The first-order chi connectivity index (χ1) is 9.14. The molecule has 0 saturated heterocycles. The first-order valence-corrected chi connectivity index (χ1v) is 8.02. The van der Waals surface area contributed by atoms with Gasteiger partial charge in [0.1, 0.15) is 0 Å². The number of rotatable bonds is 5. The van der Waals surface area contributed by atoms with Crippen LogP contribution in [0.1, 0.15) is 33.3 Å². The second-order valence-corrected chi connectivity index (χ2v) is 7.39. The number of carbonyl (C=O) groups excluding carboxylic acids is 1. The van der Waals surface area contributed by atoms with Crippen molar-refractivity contribution in [1.29, 1.82) is 0 Å². The predicted octanol–water partition coefficient (Wildman–Crippen LogP) is 1.44. The van der Waals surface area contributed by atoms with E-state index in [1.165, 1.54) is 0 Å². The zero-order valence-electron chi connectivity index (χ0n) is 12.4. The fraction of sp³-hybridized carbons (Fsp3) is 0.500. The second-order valence-electron chi connectivity index (χ2n) is 5.62. The largest absolute Gasteiger partial charge is 0.350 e. The molecule has 0 bridgehead atoms. The Hall–Kier alpha value is -1.40. The molecule has 0 saturated carbocycles. The molecule has 0 aliphatic rings. The lowest BCUT2D eigenvalue weighted by atomic mass is 10.1. The van der Waals surface area contributed by atoms with Crippen molar-refractivity contribution in [2.45, 2.75) is 44.6 Å². The van der Waals surface area contributed by atoms with E-state index >= 15 is 0 Å². The Morgan fingerprint density at radius 2 is 1.70 bits per heavy atom. The topological polar surface area (TPSA) is 75.3 Å². The Bertz CT molecular complexity index is 557. The fourth-order valence-electron chi connectivity index (χ4n) is 1.61. The molecule has 0 radical (unpaired) electrons. The Labute approximate surface area is 120 Å². The molecule has 0 aromatic heterocycles. The number of benzene rings is 1. The number of hydrogen-bond donors (Lipinski definition) is 2. The molecule has 0 spiro atoms. The summed E-state index contributed by atoms with van der Waals surface area (Å²) in [5.74, 6) is -0.355. The fourth-order valence-corrected chi connectivity index (χ4v) is 2.59. The van der Waals surface area contributed by atoms with Crippen LogP contribution >= 0.6 is 0 Å². The van der Waals surface area contributed by atoms with Gasteiger partial charge in [0.05, 0.1) is 11.4 Å². The molecule has 6 heteroatoms. The van der Waals surface area contributed by atoms with E-state index in [2.05, 4.69) is 10.0 Å². The van der Waals surface area contributed by atoms with Gasteiger partial charge in [-0.25, -0.2) is 13.1 Å². The molecule has 1 aromatic rings. The molecule has 0 atom stereocenters. The van der Waals surface area contributed by atoms with Gasteiger partial charge in [-0.05, 0) is 44.9 Å². The van der Waals surface area contributed by atoms with E-state index in [4.69, 9.17) is 0 Å². The highest BCUT2D eigenvalue weighted by atomic mass is 32.2. The predicted molar refractivity (Wildman–Crippen MR) is 78.9 cm³/mol.